The Morgan fingerprint density at radius 2 is 1.72 bits per heavy atom. The van der Waals surface area contributed by atoms with Crippen molar-refractivity contribution in [1.82, 2.24) is 0 Å². The average molecular weight is 273 g/mol. The molecule has 0 heterocycles. The highest BCUT2D eigenvalue weighted by molar-refractivity contribution is 6.81. The van der Waals surface area contributed by atoms with E-state index in [0.29, 0.717) is 6.42 Å². The lowest BCUT2D eigenvalue weighted by Crippen LogP contribution is -2.25. The normalized spacial score (nSPS) is 17.1. The first-order valence-corrected chi connectivity index (χ1v) is 10.8. The molecule has 2 nitrogen and oxygen atoms in total. The molecule has 2 unspecified atom stereocenters. The first-order valence-electron chi connectivity index (χ1n) is 7.25. The second kappa shape index (κ2) is 8.13. The van der Waals surface area contributed by atoms with Gasteiger partial charge < -0.3 is 10.2 Å². The zero-order valence-corrected chi connectivity index (χ0v) is 14.0. The Balaban J connectivity index is 4.78. The Hall–Kier alpha value is -0.123. The molecule has 0 radical (unpaired) electrons. The molecule has 0 aliphatic carbocycles. The predicted octanol–water partition coefficient (Wildman–Crippen LogP) is 3.75. The van der Waals surface area contributed by atoms with E-state index < -0.39 is 8.07 Å². The van der Waals surface area contributed by atoms with Gasteiger partial charge in [0.1, 0.15) is 0 Å². The third-order valence-corrected chi connectivity index (χ3v) is 4.33. The molecule has 0 aliphatic heterocycles. The van der Waals surface area contributed by atoms with Crippen molar-refractivity contribution >= 4 is 8.07 Å². The summed E-state index contributed by atoms with van der Waals surface area (Å²) in [6.07, 6.45) is 2.87. The second-order valence-corrected chi connectivity index (χ2v) is 11.8. The molecule has 2 atom stereocenters. The molecule has 18 heavy (non-hydrogen) atoms. The molecule has 0 bridgehead atoms. The van der Waals surface area contributed by atoms with E-state index in [1.165, 1.54) is 0 Å². The Labute approximate surface area is 114 Å². The smallest absolute Gasteiger partial charge is 0.0747 e. The van der Waals surface area contributed by atoms with E-state index in [9.17, 15) is 10.2 Å². The fourth-order valence-corrected chi connectivity index (χ4v) is 3.33. The van der Waals surface area contributed by atoms with Gasteiger partial charge in [-0.3, -0.25) is 0 Å². The third-order valence-electron chi connectivity index (χ3n) is 3.09. The SMILES string of the molecule is CCCCC(O)/C(=C/[Si](C)(C)C)CC(O)C(C)C. The van der Waals surface area contributed by atoms with Crippen LogP contribution < -0.4 is 0 Å². The molecule has 0 saturated heterocycles. The van der Waals surface area contributed by atoms with Gasteiger partial charge in [0, 0.05) is 0 Å². The van der Waals surface area contributed by atoms with Crippen LogP contribution in [0.25, 0.3) is 0 Å². The molecule has 0 aromatic heterocycles. The summed E-state index contributed by atoms with van der Waals surface area (Å²) in [5.41, 5.74) is 3.32. The molecule has 0 saturated carbocycles. The average Bonchev–Trinajstić information content (AvgIpc) is 2.22. The molecule has 2 N–H and O–H groups in total. The first kappa shape index (κ1) is 17.9. The van der Waals surface area contributed by atoms with Gasteiger partial charge in [-0.25, -0.2) is 0 Å². The highest BCUT2D eigenvalue weighted by Gasteiger charge is 2.20. The van der Waals surface area contributed by atoms with Gasteiger partial charge in [0.05, 0.1) is 20.3 Å². The second-order valence-electron chi connectivity index (χ2n) is 6.76. The maximum atomic E-state index is 10.3. The topological polar surface area (TPSA) is 40.5 Å². The van der Waals surface area contributed by atoms with Crippen molar-refractivity contribution in [3.8, 4) is 0 Å². The number of hydrogen-bond acceptors (Lipinski definition) is 2. The standard InChI is InChI=1S/C15H32O2Si/c1-7-8-9-14(16)13(11-18(4,5)6)10-15(17)12(2)3/h11-12,14-17H,7-10H2,1-6H3/b13-11+. The molecule has 0 amide bonds. The number of aliphatic hydroxyl groups excluding tert-OH is 2. The van der Waals surface area contributed by atoms with Crippen LogP contribution in [0.15, 0.2) is 11.3 Å². The fourth-order valence-electron chi connectivity index (χ4n) is 1.91. The summed E-state index contributed by atoms with van der Waals surface area (Å²) in [7, 11) is -1.36. The van der Waals surface area contributed by atoms with E-state index in [1.54, 1.807) is 0 Å². The quantitative estimate of drug-likeness (QED) is 0.661. The molecule has 0 aromatic carbocycles. The molecule has 3 heteroatoms. The van der Waals surface area contributed by atoms with Gasteiger partial charge in [-0.2, -0.15) is 0 Å². The van der Waals surface area contributed by atoms with E-state index in [-0.39, 0.29) is 18.1 Å². The minimum absolute atomic E-state index is 0.244. The number of unbranched alkanes of at least 4 members (excludes halogenated alkanes) is 1. The lowest BCUT2D eigenvalue weighted by atomic mass is 9.95. The Morgan fingerprint density at radius 3 is 2.11 bits per heavy atom. The third kappa shape index (κ3) is 8.06. The first-order chi connectivity index (χ1) is 8.17. The van der Waals surface area contributed by atoms with Crippen LogP contribution in [-0.4, -0.2) is 30.5 Å². The zero-order valence-electron chi connectivity index (χ0n) is 13.0. The Kier molecular flexibility index (Phi) is 8.07. The summed E-state index contributed by atoms with van der Waals surface area (Å²) in [5.74, 6) is 0.244. The summed E-state index contributed by atoms with van der Waals surface area (Å²) < 4.78 is 0. The van der Waals surface area contributed by atoms with Crippen LogP contribution in [0.4, 0.5) is 0 Å². The largest absolute Gasteiger partial charge is 0.393 e. The van der Waals surface area contributed by atoms with Crippen molar-refractivity contribution in [1.29, 1.82) is 0 Å². The van der Waals surface area contributed by atoms with Crippen LogP contribution in [0.5, 0.6) is 0 Å². The van der Waals surface area contributed by atoms with Gasteiger partial charge >= 0.3 is 0 Å². The Bertz CT molecular complexity index is 254. The van der Waals surface area contributed by atoms with E-state index in [4.69, 9.17) is 0 Å². The molecule has 0 spiro atoms. The van der Waals surface area contributed by atoms with Crippen molar-refractivity contribution in [2.45, 2.75) is 78.3 Å². The molecule has 0 aromatic rings. The predicted molar refractivity (Wildman–Crippen MR) is 82.4 cm³/mol. The zero-order chi connectivity index (χ0) is 14.3. The van der Waals surface area contributed by atoms with Gasteiger partial charge in [0.25, 0.3) is 0 Å². The summed E-state index contributed by atoms with van der Waals surface area (Å²) >= 11 is 0. The lowest BCUT2D eigenvalue weighted by molar-refractivity contribution is 0.111. The van der Waals surface area contributed by atoms with Gasteiger partial charge in [0.2, 0.25) is 0 Å². The molecule has 0 fully saturated rings. The van der Waals surface area contributed by atoms with Crippen molar-refractivity contribution in [2.75, 3.05) is 0 Å². The van der Waals surface area contributed by atoms with Gasteiger partial charge in [-0.05, 0) is 24.3 Å². The van der Waals surface area contributed by atoms with Crippen LogP contribution in [-0.2, 0) is 0 Å². The lowest BCUT2D eigenvalue weighted by Gasteiger charge is -2.23. The number of hydrogen-bond donors (Lipinski definition) is 2. The molecular weight excluding hydrogens is 240 g/mol. The minimum Gasteiger partial charge on any atom is -0.393 e. The summed E-state index contributed by atoms with van der Waals surface area (Å²) in [5, 5.41) is 20.3. The van der Waals surface area contributed by atoms with E-state index in [2.05, 4.69) is 32.3 Å². The van der Waals surface area contributed by atoms with Crippen LogP contribution in [0.3, 0.4) is 0 Å². The van der Waals surface area contributed by atoms with Crippen LogP contribution in [0.1, 0.15) is 46.5 Å². The van der Waals surface area contributed by atoms with Crippen molar-refractivity contribution in [3.05, 3.63) is 11.3 Å². The maximum absolute atomic E-state index is 10.3. The molecule has 108 valence electrons. The number of aliphatic hydroxyl groups is 2. The van der Waals surface area contributed by atoms with E-state index >= 15 is 0 Å². The van der Waals surface area contributed by atoms with Crippen molar-refractivity contribution < 1.29 is 10.2 Å². The summed E-state index contributed by atoms with van der Waals surface area (Å²) in [6.45, 7) is 13.0. The fraction of sp³-hybridized carbons (Fsp3) is 0.867. The molecule has 0 aliphatic rings. The molecular formula is C15H32O2Si. The van der Waals surface area contributed by atoms with Crippen molar-refractivity contribution in [3.63, 3.8) is 0 Å². The summed E-state index contributed by atoms with van der Waals surface area (Å²) in [6, 6.07) is 0. The summed E-state index contributed by atoms with van der Waals surface area (Å²) in [4.78, 5) is 0. The van der Waals surface area contributed by atoms with Crippen LogP contribution in [0.2, 0.25) is 19.6 Å². The minimum atomic E-state index is -1.36. The van der Waals surface area contributed by atoms with Crippen LogP contribution in [0, 0.1) is 5.92 Å². The number of rotatable bonds is 8. The van der Waals surface area contributed by atoms with E-state index in [1.807, 2.05) is 13.8 Å². The van der Waals surface area contributed by atoms with Gasteiger partial charge in [-0.15, -0.1) is 0 Å². The maximum Gasteiger partial charge on any atom is 0.0747 e. The van der Waals surface area contributed by atoms with Gasteiger partial charge in [-0.1, -0.05) is 59.0 Å². The Morgan fingerprint density at radius 1 is 1.17 bits per heavy atom. The van der Waals surface area contributed by atoms with E-state index in [0.717, 1.165) is 24.8 Å². The van der Waals surface area contributed by atoms with Crippen molar-refractivity contribution in [2.24, 2.45) is 5.92 Å². The van der Waals surface area contributed by atoms with Crippen LogP contribution >= 0.6 is 0 Å². The van der Waals surface area contributed by atoms with Gasteiger partial charge in [0.15, 0.2) is 0 Å². The molecule has 0 rings (SSSR count). The monoisotopic (exact) mass is 272 g/mol. The highest BCUT2D eigenvalue weighted by Crippen LogP contribution is 2.22. The highest BCUT2D eigenvalue weighted by atomic mass is 28.3.